The van der Waals surface area contributed by atoms with E-state index in [0.29, 0.717) is 42.3 Å². The molecule has 19 heavy (non-hydrogen) atoms. The van der Waals surface area contributed by atoms with Crippen LogP contribution >= 0.6 is 15.9 Å². The van der Waals surface area contributed by atoms with E-state index in [1.165, 1.54) is 0 Å². The molecule has 1 amide bonds. The summed E-state index contributed by atoms with van der Waals surface area (Å²) in [6, 6.07) is 0. The van der Waals surface area contributed by atoms with E-state index in [2.05, 4.69) is 31.1 Å². The predicted molar refractivity (Wildman–Crippen MR) is 72.5 cm³/mol. The highest BCUT2D eigenvalue weighted by molar-refractivity contribution is 9.10. The van der Waals surface area contributed by atoms with E-state index >= 15 is 0 Å². The molecule has 0 saturated carbocycles. The molecule has 104 valence electrons. The Hall–Kier alpha value is -1.64. The van der Waals surface area contributed by atoms with Crippen LogP contribution in [0.3, 0.4) is 0 Å². The summed E-state index contributed by atoms with van der Waals surface area (Å²) < 4.78 is 5.56. The van der Waals surface area contributed by atoms with Crippen LogP contribution in [0.2, 0.25) is 0 Å². The normalized spacial score (nSPS) is 18.1. The first-order chi connectivity index (χ1) is 8.89. The molecule has 0 atom stereocenters. The van der Waals surface area contributed by atoms with Crippen molar-refractivity contribution < 1.29 is 9.53 Å². The molecular weight excluding hydrogens is 316 g/mol. The van der Waals surface area contributed by atoms with Crippen LogP contribution in [0.15, 0.2) is 4.60 Å². The third-order valence-corrected chi connectivity index (χ3v) is 3.67. The molecule has 0 bridgehead atoms. The van der Waals surface area contributed by atoms with Crippen LogP contribution in [-0.2, 0) is 4.74 Å². The van der Waals surface area contributed by atoms with Gasteiger partial charge in [0.05, 0.1) is 0 Å². The van der Waals surface area contributed by atoms with Gasteiger partial charge in [-0.3, -0.25) is 0 Å². The Morgan fingerprint density at radius 3 is 2.58 bits per heavy atom. The number of piperidine rings is 1. The summed E-state index contributed by atoms with van der Waals surface area (Å²) in [4.78, 5) is 16.9. The van der Waals surface area contributed by atoms with Gasteiger partial charge in [-0.05, 0) is 22.9 Å². The van der Waals surface area contributed by atoms with Gasteiger partial charge in [0.1, 0.15) is 5.60 Å². The molecule has 0 unspecified atom stereocenters. The molecule has 9 heteroatoms. The van der Waals surface area contributed by atoms with Crippen molar-refractivity contribution in [2.24, 2.45) is 5.73 Å². The van der Waals surface area contributed by atoms with E-state index in [1.807, 2.05) is 11.8 Å². The molecule has 0 spiro atoms. The number of anilines is 2. The smallest absolute Gasteiger partial charge is 0.405 e. The molecule has 1 fully saturated rings. The fourth-order valence-electron chi connectivity index (χ4n) is 1.97. The SMILES string of the molecule is CC1(OC(N)=O)CCN(c2nnc(Br)c(N)n2)CC1. The fourth-order valence-corrected chi connectivity index (χ4v) is 2.14. The van der Waals surface area contributed by atoms with Crippen LogP contribution in [0.25, 0.3) is 0 Å². The van der Waals surface area contributed by atoms with Crippen molar-refractivity contribution in [2.75, 3.05) is 23.7 Å². The second kappa shape index (κ2) is 5.16. The van der Waals surface area contributed by atoms with Crippen LogP contribution in [-0.4, -0.2) is 40.0 Å². The molecule has 8 nitrogen and oxygen atoms in total. The number of rotatable bonds is 2. The van der Waals surface area contributed by atoms with Gasteiger partial charge in [-0.15, -0.1) is 10.2 Å². The number of nitrogens with two attached hydrogens (primary N) is 2. The van der Waals surface area contributed by atoms with Crippen molar-refractivity contribution in [1.29, 1.82) is 0 Å². The van der Waals surface area contributed by atoms with Gasteiger partial charge in [0, 0.05) is 25.9 Å². The van der Waals surface area contributed by atoms with Crippen molar-refractivity contribution in [3.8, 4) is 0 Å². The van der Waals surface area contributed by atoms with Gasteiger partial charge in [0.2, 0.25) is 5.95 Å². The fraction of sp³-hybridized carbons (Fsp3) is 0.600. The number of halogens is 1. The summed E-state index contributed by atoms with van der Waals surface area (Å²) >= 11 is 3.15. The third kappa shape index (κ3) is 3.22. The summed E-state index contributed by atoms with van der Waals surface area (Å²) in [7, 11) is 0. The molecule has 0 aliphatic carbocycles. The number of ether oxygens (including phenoxy) is 1. The topological polar surface area (TPSA) is 120 Å². The van der Waals surface area contributed by atoms with Gasteiger partial charge in [-0.1, -0.05) is 0 Å². The monoisotopic (exact) mass is 330 g/mol. The first-order valence-corrected chi connectivity index (χ1v) is 6.58. The van der Waals surface area contributed by atoms with E-state index in [4.69, 9.17) is 16.2 Å². The van der Waals surface area contributed by atoms with E-state index in [9.17, 15) is 4.79 Å². The molecule has 1 aromatic rings. The Kier molecular flexibility index (Phi) is 3.74. The maximum Gasteiger partial charge on any atom is 0.405 e. The lowest BCUT2D eigenvalue weighted by molar-refractivity contribution is 0.0125. The highest BCUT2D eigenvalue weighted by atomic mass is 79.9. The van der Waals surface area contributed by atoms with E-state index in [-0.39, 0.29) is 0 Å². The number of carbonyl (C=O) groups excluding carboxylic acids is 1. The number of primary amides is 1. The molecule has 1 aromatic heterocycles. The lowest BCUT2D eigenvalue weighted by Crippen LogP contribution is -2.46. The Morgan fingerprint density at radius 1 is 1.42 bits per heavy atom. The largest absolute Gasteiger partial charge is 0.443 e. The maximum absolute atomic E-state index is 10.8. The highest BCUT2D eigenvalue weighted by Gasteiger charge is 2.34. The van der Waals surface area contributed by atoms with Crippen molar-refractivity contribution >= 4 is 33.8 Å². The standard InChI is InChI=1S/C10H15BrN6O2/c1-10(19-8(13)18)2-4-17(5-3-10)9-14-7(12)6(11)15-16-9/h2-5H2,1H3,(H2,13,18)(H2,12,14,16). The molecule has 2 heterocycles. The average Bonchev–Trinajstić information content (AvgIpc) is 2.32. The minimum absolute atomic E-state index is 0.298. The Morgan fingerprint density at radius 2 is 2.05 bits per heavy atom. The van der Waals surface area contributed by atoms with Gasteiger partial charge in [-0.25, -0.2) is 4.79 Å². The summed E-state index contributed by atoms with van der Waals surface area (Å²) in [6.07, 6.45) is 0.548. The van der Waals surface area contributed by atoms with E-state index in [0.717, 1.165) is 0 Å². The predicted octanol–water partition coefficient (Wildman–Crippen LogP) is 0.670. The molecule has 1 aliphatic heterocycles. The average molecular weight is 331 g/mol. The second-order valence-electron chi connectivity index (χ2n) is 4.65. The molecule has 1 saturated heterocycles. The number of nitrogen functional groups attached to an aromatic ring is 1. The number of amides is 1. The molecule has 0 aromatic carbocycles. The second-order valence-corrected chi connectivity index (χ2v) is 5.40. The summed E-state index contributed by atoms with van der Waals surface area (Å²) in [6.45, 7) is 3.16. The maximum atomic E-state index is 10.8. The van der Waals surface area contributed by atoms with Crippen molar-refractivity contribution in [2.45, 2.75) is 25.4 Å². The Labute approximate surface area is 118 Å². The Bertz CT molecular complexity index is 489. The van der Waals surface area contributed by atoms with Crippen LogP contribution in [0, 0.1) is 0 Å². The summed E-state index contributed by atoms with van der Waals surface area (Å²) in [5.74, 6) is 0.772. The zero-order chi connectivity index (χ0) is 14.0. The van der Waals surface area contributed by atoms with Gasteiger partial charge < -0.3 is 21.1 Å². The quantitative estimate of drug-likeness (QED) is 0.817. The molecular formula is C10H15BrN6O2. The lowest BCUT2D eigenvalue weighted by atomic mass is 9.93. The van der Waals surface area contributed by atoms with Gasteiger partial charge in [0.15, 0.2) is 10.4 Å². The van der Waals surface area contributed by atoms with Crippen molar-refractivity contribution in [3.63, 3.8) is 0 Å². The number of carbonyl (C=O) groups is 1. The molecule has 4 N–H and O–H groups in total. The Balaban J connectivity index is 2.03. The minimum atomic E-state index is -0.748. The van der Waals surface area contributed by atoms with Gasteiger partial charge in [-0.2, -0.15) is 4.98 Å². The minimum Gasteiger partial charge on any atom is -0.443 e. The summed E-state index contributed by atoms with van der Waals surface area (Å²) in [5, 5.41) is 7.85. The lowest BCUT2D eigenvalue weighted by Gasteiger charge is -2.38. The molecule has 0 radical (unpaired) electrons. The van der Waals surface area contributed by atoms with Crippen LogP contribution < -0.4 is 16.4 Å². The number of nitrogens with zero attached hydrogens (tertiary/aromatic N) is 4. The third-order valence-electron chi connectivity index (χ3n) is 3.11. The van der Waals surface area contributed by atoms with Crippen LogP contribution in [0.1, 0.15) is 19.8 Å². The van der Waals surface area contributed by atoms with E-state index < -0.39 is 11.7 Å². The number of hydrogen-bond donors (Lipinski definition) is 2. The van der Waals surface area contributed by atoms with E-state index in [1.54, 1.807) is 0 Å². The summed E-state index contributed by atoms with van der Waals surface area (Å²) in [5.41, 5.74) is 10.2. The van der Waals surface area contributed by atoms with Crippen LogP contribution in [0.5, 0.6) is 0 Å². The van der Waals surface area contributed by atoms with Gasteiger partial charge in [0.25, 0.3) is 0 Å². The molecule has 2 rings (SSSR count). The first kappa shape index (κ1) is 13.8. The van der Waals surface area contributed by atoms with Crippen molar-refractivity contribution in [1.82, 2.24) is 15.2 Å². The highest BCUT2D eigenvalue weighted by Crippen LogP contribution is 2.28. The molecule has 1 aliphatic rings. The van der Waals surface area contributed by atoms with Gasteiger partial charge >= 0.3 is 6.09 Å². The number of hydrogen-bond acceptors (Lipinski definition) is 7. The first-order valence-electron chi connectivity index (χ1n) is 5.79. The zero-order valence-electron chi connectivity index (χ0n) is 10.5. The zero-order valence-corrected chi connectivity index (χ0v) is 12.1. The van der Waals surface area contributed by atoms with Crippen molar-refractivity contribution in [3.05, 3.63) is 4.60 Å². The number of aromatic nitrogens is 3. The van der Waals surface area contributed by atoms with Crippen LogP contribution in [0.4, 0.5) is 16.6 Å².